The van der Waals surface area contributed by atoms with E-state index in [1.54, 1.807) is 0 Å². The fourth-order valence-electron chi connectivity index (χ4n) is 7.06. The number of aliphatic hydroxyl groups excluding tert-OH is 1. The van der Waals surface area contributed by atoms with Gasteiger partial charge in [0.1, 0.15) is 12.7 Å². The van der Waals surface area contributed by atoms with Crippen molar-refractivity contribution in [3.8, 4) is 0 Å². The molecule has 0 heterocycles. The van der Waals surface area contributed by atoms with Crippen LogP contribution in [-0.2, 0) is 42.2 Å². The van der Waals surface area contributed by atoms with Gasteiger partial charge < -0.3 is 24.2 Å². The molecule has 0 bridgehead atoms. The van der Waals surface area contributed by atoms with Gasteiger partial charge in [0.25, 0.3) is 0 Å². The van der Waals surface area contributed by atoms with Crippen LogP contribution < -0.4 is 0 Å². The summed E-state index contributed by atoms with van der Waals surface area (Å²) in [7, 11) is -4.77. The van der Waals surface area contributed by atoms with Crippen LogP contribution in [0.4, 0.5) is 0 Å². The molecular formula is C62H101O11P. The lowest BCUT2D eigenvalue weighted by molar-refractivity contribution is -0.161. The number of hydrogen-bond donors (Lipinski definition) is 2. The van der Waals surface area contributed by atoms with Crippen LogP contribution in [0.2, 0.25) is 0 Å². The van der Waals surface area contributed by atoms with E-state index in [0.29, 0.717) is 19.3 Å². The first kappa shape index (κ1) is 69.9. The van der Waals surface area contributed by atoms with E-state index >= 15 is 0 Å². The average Bonchev–Trinajstić information content (AvgIpc) is 3.39. The zero-order chi connectivity index (χ0) is 54.1. The number of ether oxygens (including phenoxy) is 3. The quantitative estimate of drug-likeness (QED) is 0.0197. The van der Waals surface area contributed by atoms with Crippen molar-refractivity contribution in [1.82, 2.24) is 0 Å². The van der Waals surface area contributed by atoms with E-state index in [1.807, 2.05) is 0 Å². The molecule has 11 nitrogen and oxygen atoms in total. The van der Waals surface area contributed by atoms with Gasteiger partial charge in [-0.05, 0) is 122 Å². The molecule has 0 spiro atoms. The molecule has 0 aliphatic rings. The monoisotopic (exact) mass is 1050 g/mol. The number of allylic oxidation sites excluding steroid dienone is 20. The Morgan fingerprint density at radius 1 is 0.392 bits per heavy atom. The van der Waals surface area contributed by atoms with Crippen molar-refractivity contribution in [2.75, 3.05) is 26.4 Å². The van der Waals surface area contributed by atoms with Gasteiger partial charge in [-0.15, -0.1) is 0 Å². The molecule has 0 aromatic heterocycles. The number of carbonyl (C=O) groups excluding carboxylic acids is 3. The van der Waals surface area contributed by atoms with E-state index in [1.165, 1.54) is 12.8 Å². The zero-order valence-electron chi connectivity index (χ0n) is 46.3. The van der Waals surface area contributed by atoms with Gasteiger partial charge in [0.2, 0.25) is 0 Å². The maximum Gasteiger partial charge on any atom is 0.472 e. The van der Waals surface area contributed by atoms with E-state index in [4.69, 9.17) is 23.3 Å². The first-order valence-electron chi connectivity index (χ1n) is 28.4. The van der Waals surface area contributed by atoms with E-state index in [0.717, 1.165) is 141 Å². The summed E-state index contributed by atoms with van der Waals surface area (Å²) in [5.74, 6) is -1.56. The molecule has 0 aromatic carbocycles. The maximum absolute atomic E-state index is 12.9. The van der Waals surface area contributed by atoms with E-state index < -0.39 is 57.8 Å². The summed E-state index contributed by atoms with van der Waals surface area (Å²) in [5.41, 5.74) is 0. The largest absolute Gasteiger partial charge is 0.472 e. The Morgan fingerprint density at radius 2 is 0.703 bits per heavy atom. The Balaban J connectivity index is 4.86. The van der Waals surface area contributed by atoms with Gasteiger partial charge in [-0.3, -0.25) is 23.4 Å². The lowest BCUT2D eigenvalue weighted by Crippen LogP contribution is -2.30. The SMILES string of the molecule is CC/C=C\C/C=C\C/C=C\C/C=C\C/C=C\CCCCCC(=O)OC(COC(=O)CCCCCC/C=C\C/C=C\C/C=C\C/C=C\CC)COP(=O)(O)OCC(CO)OC(=O)CCCCCCC/C=C\CCCC. The number of aliphatic hydroxyl groups is 1. The summed E-state index contributed by atoms with van der Waals surface area (Å²) >= 11 is 0. The number of phosphoric ester groups is 1. The second-order valence-electron chi connectivity index (χ2n) is 18.3. The third-order valence-corrected chi connectivity index (χ3v) is 12.3. The molecule has 3 atom stereocenters. The predicted molar refractivity (Wildman–Crippen MR) is 306 cm³/mol. The number of phosphoric acid groups is 1. The van der Waals surface area contributed by atoms with Gasteiger partial charge >= 0.3 is 25.7 Å². The summed E-state index contributed by atoms with van der Waals surface area (Å²) in [4.78, 5) is 48.5. The van der Waals surface area contributed by atoms with Crippen LogP contribution >= 0.6 is 7.82 Å². The number of esters is 3. The molecule has 3 unspecified atom stereocenters. The minimum atomic E-state index is -4.77. The first-order valence-corrected chi connectivity index (χ1v) is 29.9. The Kier molecular flexibility index (Phi) is 52.1. The van der Waals surface area contributed by atoms with Crippen LogP contribution in [0.15, 0.2) is 122 Å². The normalized spacial score (nSPS) is 14.3. The van der Waals surface area contributed by atoms with Crippen molar-refractivity contribution in [3.05, 3.63) is 122 Å². The Labute approximate surface area is 449 Å². The Hall–Kier alpha value is -4.12. The predicted octanol–water partition coefficient (Wildman–Crippen LogP) is 16.8. The molecule has 0 aromatic rings. The average molecular weight is 1050 g/mol. The number of unbranched alkanes of at least 4 members (excludes halogenated alkanes) is 14. The molecule has 420 valence electrons. The summed E-state index contributed by atoms with van der Waals surface area (Å²) in [5, 5.41) is 9.79. The van der Waals surface area contributed by atoms with Crippen molar-refractivity contribution in [1.29, 1.82) is 0 Å². The molecule has 74 heavy (non-hydrogen) atoms. The van der Waals surface area contributed by atoms with Crippen molar-refractivity contribution in [2.45, 2.75) is 226 Å². The fraction of sp³-hybridized carbons (Fsp3) is 0.629. The molecule has 0 aliphatic carbocycles. The van der Waals surface area contributed by atoms with Crippen LogP contribution in [0.5, 0.6) is 0 Å². The second kappa shape index (κ2) is 55.1. The van der Waals surface area contributed by atoms with Gasteiger partial charge in [-0.2, -0.15) is 0 Å². The van der Waals surface area contributed by atoms with Crippen molar-refractivity contribution < 1.29 is 52.2 Å². The number of rotatable bonds is 51. The van der Waals surface area contributed by atoms with Crippen LogP contribution in [-0.4, -0.2) is 66.5 Å². The van der Waals surface area contributed by atoms with E-state index in [2.05, 4.69) is 142 Å². The van der Waals surface area contributed by atoms with Gasteiger partial charge in [-0.1, -0.05) is 194 Å². The van der Waals surface area contributed by atoms with Gasteiger partial charge in [0.05, 0.1) is 19.8 Å². The Bertz CT molecular complexity index is 1700. The summed E-state index contributed by atoms with van der Waals surface area (Å²) in [6.07, 6.45) is 67.3. The minimum absolute atomic E-state index is 0.116. The highest BCUT2D eigenvalue weighted by Crippen LogP contribution is 2.43. The molecule has 0 saturated heterocycles. The lowest BCUT2D eigenvalue weighted by Gasteiger charge is -2.21. The van der Waals surface area contributed by atoms with Crippen LogP contribution in [0.3, 0.4) is 0 Å². The van der Waals surface area contributed by atoms with Crippen molar-refractivity contribution in [2.24, 2.45) is 0 Å². The molecule has 0 fully saturated rings. The minimum Gasteiger partial charge on any atom is -0.462 e. The van der Waals surface area contributed by atoms with Crippen molar-refractivity contribution >= 4 is 25.7 Å². The molecule has 0 saturated carbocycles. The molecule has 12 heteroatoms. The molecular weight excluding hydrogens is 952 g/mol. The molecule has 0 amide bonds. The third kappa shape index (κ3) is 52.7. The van der Waals surface area contributed by atoms with Crippen molar-refractivity contribution in [3.63, 3.8) is 0 Å². The number of hydrogen-bond acceptors (Lipinski definition) is 10. The van der Waals surface area contributed by atoms with Crippen LogP contribution in [0, 0.1) is 0 Å². The Morgan fingerprint density at radius 3 is 1.11 bits per heavy atom. The van der Waals surface area contributed by atoms with E-state index in [-0.39, 0.29) is 25.9 Å². The summed E-state index contributed by atoms with van der Waals surface area (Å²) in [6.45, 7) is 4.28. The first-order chi connectivity index (χ1) is 36.2. The van der Waals surface area contributed by atoms with E-state index in [9.17, 15) is 28.9 Å². The number of carbonyl (C=O) groups is 3. The molecule has 0 rings (SSSR count). The smallest absolute Gasteiger partial charge is 0.462 e. The third-order valence-electron chi connectivity index (χ3n) is 11.3. The highest BCUT2D eigenvalue weighted by Gasteiger charge is 2.28. The summed E-state index contributed by atoms with van der Waals surface area (Å²) < 4.78 is 39.4. The topological polar surface area (TPSA) is 155 Å². The zero-order valence-corrected chi connectivity index (χ0v) is 47.2. The van der Waals surface area contributed by atoms with Gasteiger partial charge in [-0.25, -0.2) is 4.57 Å². The molecule has 2 N–H and O–H groups in total. The highest BCUT2D eigenvalue weighted by molar-refractivity contribution is 7.47. The van der Waals surface area contributed by atoms with Crippen LogP contribution in [0.1, 0.15) is 213 Å². The lowest BCUT2D eigenvalue weighted by atomic mass is 10.1. The summed E-state index contributed by atoms with van der Waals surface area (Å²) in [6, 6.07) is 0. The van der Waals surface area contributed by atoms with Gasteiger partial charge in [0, 0.05) is 19.3 Å². The van der Waals surface area contributed by atoms with Gasteiger partial charge in [0.15, 0.2) is 6.10 Å². The highest BCUT2D eigenvalue weighted by atomic mass is 31.2. The van der Waals surface area contributed by atoms with Crippen LogP contribution in [0.25, 0.3) is 0 Å². The maximum atomic E-state index is 12.9. The standard InChI is InChI=1S/C62H101O11P/c1-4-7-10-13-16-19-22-24-26-28-29-31-33-35-38-41-44-47-50-53-62(66)73-59(55-69-60(64)51-48-45-42-39-37-34-32-30-27-25-23-20-17-14-11-8-5-2)57-71-74(67,68)70-56-58(54-63)72-61(65)52-49-46-43-40-36-21-18-15-12-9-6-3/h7-8,10-11,15-20,24-27,29,31-32,34-35,38,58-59,63H,4-6,9,12-14,21-23,28,30,33,36-37,39-57H2,1-3H3,(H,67,68)/b10-7-,11-8-,18-15-,19-16-,20-17-,26-24-,27-25-,31-29-,34-32-,38-35-. The fourth-order valence-corrected chi connectivity index (χ4v) is 7.84. The molecule has 0 radical (unpaired) electrons. The molecule has 0 aliphatic heterocycles. The second-order valence-corrected chi connectivity index (χ2v) is 19.8.